The molecule has 8 heteroatoms. The number of hydrogen-bond donors (Lipinski definition) is 3. The molecule has 0 fully saturated rings. The highest BCUT2D eigenvalue weighted by atomic mass is 32.1. The fourth-order valence-electron chi connectivity index (χ4n) is 2.67. The number of hydrogen-bond acceptors (Lipinski definition) is 5. The van der Waals surface area contributed by atoms with Crippen molar-refractivity contribution >= 4 is 40.8 Å². The van der Waals surface area contributed by atoms with E-state index in [0.29, 0.717) is 17.9 Å². The molecule has 7 nitrogen and oxygen atoms in total. The van der Waals surface area contributed by atoms with Crippen molar-refractivity contribution < 1.29 is 19.1 Å². The first-order chi connectivity index (χ1) is 14.9. The Morgan fingerprint density at radius 3 is 2.32 bits per heavy atom. The predicted molar refractivity (Wildman–Crippen MR) is 124 cm³/mol. The Morgan fingerprint density at radius 2 is 1.68 bits per heavy atom. The molecule has 0 aliphatic rings. The van der Waals surface area contributed by atoms with Gasteiger partial charge in [-0.25, -0.2) is 0 Å². The van der Waals surface area contributed by atoms with Gasteiger partial charge in [0.2, 0.25) is 5.91 Å². The van der Waals surface area contributed by atoms with E-state index in [4.69, 9.17) is 17.0 Å². The zero-order valence-electron chi connectivity index (χ0n) is 17.6. The van der Waals surface area contributed by atoms with Gasteiger partial charge in [-0.3, -0.25) is 14.4 Å². The van der Waals surface area contributed by atoms with Gasteiger partial charge in [-0.2, -0.15) is 0 Å². The molecule has 0 radical (unpaired) electrons. The van der Waals surface area contributed by atoms with Crippen LogP contribution in [0.15, 0.2) is 54.6 Å². The lowest BCUT2D eigenvalue weighted by Crippen LogP contribution is -2.34. The lowest BCUT2D eigenvalue weighted by Gasteiger charge is -2.15. The smallest absolute Gasteiger partial charge is 0.306 e. The van der Waals surface area contributed by atoms with E-state index in [-0.39, 0.29) is 35.8 Å². The second kappa shape index (κ2) is 12.4. The third-order valence-corrected chi connectivity index (χ3v) is 4.53. The minimum Gasteiger partial charge on any atom is -0.466 e. The first-order valence-electron chi connectivity index (χ1n) is 10.1. The number of anilines is 1. The lowest BCUT2D eigenvalue weighted by molar-refractivity contribution is -0.144. The van der Waals surface area contributed by atoms with Crippen LogP contribution in [0.25, 0.3) is 0 Å². The highest BCUT2D eigenvalue weighted by Crippen LogP contribution is 2.14. The molecule has 0 saturated carbocycles. The number of nitrogens with one attached hydrogen (secondary N) is 3. The predicted octanol–water partition coefficient (Wildman–Crippen LogP) is 3.72. The summed E-state index contributed by atoms with van der Waals surface area (Å²) in [5.74, 6) is -0.975. The van der Waals surface area contributed by atoms with E-state index in [0.717, 1.165) is 12.0 Å². The second-order valence-electron chi connectivity index (χ2n) is 6.91. The Labute approximate surface area is 187 Å². The fraction of sp³-hybridized carbons (Fsp3) is 0.304. The first kappa shape index (κ1) is 24.0. The summed E-state index contributed by atoms with van der Waals surface area (Å²) < 4.78 is 4.92. The quantitative estimate of drug-likeness (QED) is 0.405. The maximum Gasteiger partial charge on any atom is 0.306 e. The minimum absolute atomic E-state index is 0.000338. The standard InChI is InChI=1S/C23H27N3O4S/c1-3-15-30-21(28)14-13-20(27)26-23(31)25-19-11-9-18(10-12-19)22(29)24-16(2)17-7-5-4-6-8-17/h4-12,16H,3,13-15H2,1-2H3,(H,24,29)(H2,25,26,27,31). The van der Waals surface area contributed by atoms with Gasteiger partial charge in [0.25, 0.3) is 5.91 Å². The van der Waals surface area contributed by atoms with Gasteiger partial charge in [-0.15, -0.1) is 0 Å². The largest absolute Gasteiger partial charge is 0.466 e. The van der Waals surface area contributed by atoms with Crippen molar-refractivity contribution in [1.82, 2.24) is 10.6 Å². The maximum atomic E-state index is 12.4. The van der Waals surface area contributed by atoms with Crippen LogP contribution < -0.4 is 16.0 Å². The number of amides is 2. The molecule has 2 amide bonds. The molecule has 0 saturated heterocycles. The molecule has 0 aromatic heterocycles. The van der Waals surface area contributed by atoms with Crippen LogP contribution in [0.3, 0.4) is 0 Å². The molecule has 2 rings (SSSR count). The average Bonchev–Trinajstić information content (AvgIpc) is 2.77. The Bertz CT molecular complexity index is 901. The number of benzene rings is 2. The summed E-state index contributed by atoms with van der Waals surface area (Å²) in [5, 5.41) is 8.46. The first-order valence-corrected chi connectivity index (χ1v) is 10.5. The van der Waals surface area contributed by atoms with E-state index in [1.807, 2.05) is 44.2 Å². The molecule has 0 spiro atoms. The molecule has 1 unspecified atom stereocenters. The number of ether oxygens (including phenoxy) is 1. The molecular weight excluding hydrogens is 414 g/mol. The zero-order chi connectivity index (χ0) is 22.6. The summed E-state index contributed by atoms with van der Waals surface area (Å²) >= 11 is 5.12. The van der Waals surface area contributed by atoms with Crippen LogP contribution in [0, 0.1) is 0 Å². The van der Waals surface area contributed by atoms with Crippen LogP contribution in [-0.2, 0) is 14.3 Å². The fourth-order valence-corrected chi connectivity index (χ4v) is 2.90. The van der Waals surface area contributed by atoms with Crippen LogP contribution in [0.5, 0.6) is 0 Å². The van der Waals surface area contributed by atoms with Crippen molar-refractivity contribution in [2.45, 2.75) is 39.2 Å². The van der Waals surface area contributed by atoms with E-state index >= 15 is 0 Å². The topological polar surface area (TPSA) is 96.5 Å². The minimum atomic E-state index is -0.411. The monoisotopic (exact) mass is 441 g/mol. The van der Waals surface area contributed by atoms with Gasteiger partial charge in [0.15, 0.2) is 5.11 Å². The van der Waals surface area contributed by atoms with Gasteiger partial charge in [0, 0.05) is 17.7 Å². The molecule has 0 bridgehead atoms. The molecule has 0 heterocycles. The van der Waals surface area contributed by atoms with Gasteiger partial charge >= 0.3 is 5.97 Å². The van der Waals surface area contributed by atoms with Crippen LogP contribution in [-0.4, -0.2) is 29.5 Å². The molecule has 0 aliphatic carbocycles. The van der Waals surface area contributed by atoms with Gasteiger partial charge in [0.05, 0.1) is 19.1 Å². The molecule has 0 aliphatic heterocycles. The van der Waals surface area contributed by atoms with Gasteiger partial charge < -0.3 is 20.7 Å². The number of carbonyl (C=O) groups excluding carboxylic acids is 3. The van der Waals surface area contributed by atoms with Crippen molar-refractivity contribution in [2.24, 2.45) is 0 Å². The number of thiocarbonyl (C=S) groups is 1. The van der Waals surface area contributed by atoms with Crippen molar-refractivity contribution in [3.05, 3.63) is 65.7 Å². The highest BCUT2D eigenvalue weighted by molar-refractivity contribution is 7.80. The molecule has 1 atom stereocenters. The van der Waals surface area contributed by atoms with Gasteiger partial charge in [-0.1, -0.05) is 37.3 Å². The Balaban J connectivity index is 1.79. The molecular formula is C23H27N3O4S. The lowest BCUT2D eigenvalue weighted by atomic mass is 10.1. The van der Waals surface area contributed by atoms with E-state index < -0.39 is 5.97 Å². The third-order valence-electron chi connectivity index (χ3n) is 4.33. The molecule has 31 heavy (non-hydrogen) atoms. The SMILES string of the molecule is CCCOC(=O)CCC(=O)NC(=S)Nc1ccc(C(=O)NC(C)c2ccccc2)cc1. The number of rotatable bonds is 9. The Morgan fingerprint density at radius 1 is 1.00 bits per heavy atom. The molecule has 164 valence electrons. The van der Waals surface area contributed by atoms with Crippen molar-refractivity contribution in [1.29, 1.82) is 0 Å². The molecule has 2 aromatic rings. The van der Waals surface area contributed by atoms with Crippen LogP contribution in [0.1, 0.15) is 55.1 Å². The molecule has 3 N–H and O–H groups in total. The van der Waals surface area contributed by atoms with Crippen molar-refractivity contribution in [3.8, 4) is 0 Å². The van der Waals surface area contributed by atoms with Crippen LogP contribution in [0.4, 0.5) is 5.69 Å². The van der Waals surface area contributed by atoms with Crippen molar-refractivity contribution in [2.75, 3.05) is 11.9 Å². The average molecular weight is 442 g/mol. The second-order valence-corrected chi connectivity index (χ2v) is 7.31. The third kappa shape index (κ3) is 8.55. The molecule has 2 aromatic carbocycles. The highest BCUT2D eigenvalue weighted by Gasteiger charge is 2.12. The summed E-state index contributed by atoms with van der Waals surface area (Å²) in [6.45, 7) is 4.17. The number of esters is 1. The van der Waals surface area contributed by atoms with E-state index in [1.165, 1.54) is 0 Å². The Hall–Kier alpha value is -3.26. The van der Waals surface area contributed by atoms with Gasteiger partial charge in [-0.05, 0) is 55.4 Å². The normalized spacial score (nSPS) is 11.2. The van der Waals surface area contributed by atoms with E-state index in [1.54, 1.807) is 24.3 Å². The summed E-state index contributed by atoms with van der Waals surface area (Å²) in [7, 11) is 0. The maximum absolute atomic E-state index is 12.4. The van der Waals surface area contributed by atoms with E-state index in [2.05, 4.69) is 16.0 Å². The zero-order valence-corrected chi connectivity index (χ0v) is 18.5. The summed E-state index contributed by atoms with van der Waals surface area (Å²) in [6, 6.07) is 16.3. The summed E-state index contributed by atoms with van der Waals surface area (Å²) in [5.41, 5.74) is 2.16. The van der Waals surface area contributed by atoms with Crippen LogP contribution >= 0.6 is 12.2 Å². The van der Waals surface area contributed by atoms with Crippen molar-refractivity contribution in [3.63, 3.8) is 0 Å². The number of carbonyl (C=O) groups is 3. The summed E-state index contributed by atoms with van der Waals surface area (Å²) in [6.07, 6.45) is 0.723. The Kier molecular flexibility index (Phi) is 9.64. The van der Waals surface area contributed by atoms with E-state index in [9.17, 15) is 14.4 Å². The van der Waals surface area contributed by atoms with Crippen LogP contribution in [0.2, 0.25) is 0 Å². The summed E-state index contributed by atoms with van der Waals surface area (Å²) in [4.78, 5) is 35.8. The van der Waals surface area contributed by atoms with Gasteiger partial charge in [0.1, 0.15) is 0 Å².